The first-order valence-electron chi connectivity index (χ1n) is 9.66. The zero-order valence-corrected chi connectivity index (χ0v) is 18.8. The lowest BCUT2D eigenvalue weighted by Crippen LogP contribution is -2.26. The molecule has 2 N–H and O–H groups in total. The third-order valence-corrected chi connectivity index (χ3v) is 5.35. The second kappa shape index (κ2) is 9.80. The Labute approximate surface area is 198 Å². The van der Waals surface area contributed by atoms with E-state index in [9.17, 15) is 9.59 Å². The van der Waals surface area contributed by atoms with Gasteiger partial charge in [0.15, 0.2) is 12.4 Å². The molecule has 0 aliphatic carbocycles. The number of ether oxygens (including phenoxy) is 1. The third-order valence-electron chi connectivity index (χ3n) is 4.55. The lowest BCUT2D eigenvalue weighted by Gasteiger charge is -2.09. The Morgan fingerprint density at radius 1 is 1.15 bits per heavy atom. The van der Waals surface area contributed by atoms with Gasteiger partial charge in [-0.05, 0) is 30.3 Å². The molecule has 1 aromatic carbocycles. The molecule has 170 valence electrons. The number of hydrogen-bond acceptors (Lipinski definition) is 6. The maximum atomic E-state index is 12.7. The number of carbonyl (C=O) groups is 2. The van der Waals surface area contributed by atoms with Crippen LogP contribution in [0.25, 0.3) is 0 Å². The van der Waals surface area contributed by atoms with Gasteiger partial charge in [-0.2, -0.15) is 10.2 Å². The first-order chi connectivity index (χ1) is 15.9. The number of aryl methyl sites for hydroxylation is 1. The second-order valence-corrected chi connectivity index (χ2v) is 7.60. The van der Waals surface area contributed by atoms with Gasteiger partial charge in [-0.3, -0.25) is 14.3 Å². The highest BCUT2D eigenvalue weighted by molar-refractivity contribution is 6.42. The molecule has 0 saturated carbocycles. The molecule has 0 spiro atoms. The molecule has 12 heteroatoms. The Balaban J connectivity index is 1.39. The van der Waals surface area contributed by atoms with Crippen molar-refractivity contribution in [1.29, 1.82) is 0 Å². The molecular formula is C21H18Cl2N6O4. The van der Waals surface area contributed by atoms with Crippen molar-refractivity contribution in [2.75, 3.05) is 5.32 Å². The minimum Gasteiger partial charge on any atom is -0.470 e. The standard InChI is InChI=1S/C21H18Cl2N6O4/c1-28-19(21(31)24-10-13-4-3-9-32-13)16(11-25-28)26-20(30)15-7-8-29(27-15)12-33-17-6-2-5-14(22)18(17)23/h2-9,11H,10,12H2,1H3,(H,24,31)(H,26,30). The number of hydrogen-bond donors (Lipinski definition) is 2. The van der Waals surface area contributed by atoms with E-state index in [1.807, 2.05) is 0 Å². The molecule has 0 saturated heterocycles. The van der Waals surface area contributed by atoms with Crippen molar-refractivity contribution in [3.63, 3.8) is 0 Å². The van der Waals surface area contributed by atoms with Crippen LogP contribution in [0.5, 0.6) is 5.75 Å². The van der Waals surface area contributed by atoms with Crippen molar-refractivity contribution in [2.45, 2.75) is 13.3 Å². The highest BCUT2D eigenvalue weighted by Crippen LogP contribution is 2.31. The molecule has 0 atom stereocenters. The van der Waals surface area contributed by atoms with Crippen LogP contribution in [0.2, 0.25) is 10.0 Å². The van der Waals surface area contributed by atoms with Gasteiger partial charge < -0.3 is 19.8 Å². The summed E-state index contributed by atoms with van der Waals surface area (Å²) < 4.78 is 13.6. The van der Waals surface area contributed by atoms with Crippen LogP contribution < -0.4 is 15.4 Å². The first-order valence-corrected chi connectivity index (χ1v) is 10.4. The van der Waals surface area contributed by atoms with Gasteiger partial charge in [0.25, 0.3) is 11.8 Å². The Kier molecular flexibility index (Phi) is 6.66. The Bertz CT molecular complexity index is 1280. The average molecular weight is 489 g/mol. The predicted molar refractivity (Wildman–Crippen MR) is 120 cm³/mol. The van der Waals surface area contributed by atoms with Crippen LogP contribution in [0.1, 0.15) is 26.7 Å². The van der Waals surface area contributed by atoms with E-state index in [-0.39, 0.29) is 30.4 Å². The first kappa shape index (κ1) is 22.4. The van der Waals surface area contributed by atoms with Gasteiger partial charge in [0, 0.05) is 13.2 Å². The van der Waals surface area contributed by atoms with Gasteiger partial charge in [-0.25, -0.2) is 4.68 Å². The van der Waals surface area contributed by atoms with Crippen molar-refractivity contribution >= 4 is 40.7 Å². The number of nitrogens with zero attached hydrogens (tertiary/aromatic N) is 4. The van der Waals surface area contributed by atoms with E-state index >= 15 is 0 Å². The number of carbonyl (C=O) groups excluding carboxylic acids is 2. The second-order valence-electron chi connectivity index (χ2n) is 6.81. The topological polar surface area (TPSA) is 116 Å². The minimum absolute atomic E-state index is 0.0146. The van der Waals surface area contributed by atoms with Gasteiger partial charge >= 0.3 is 0 Å². The van der Waals surface area contributed by atoms with Crippen molar-refractivity contribution < 1.29 is 18.7 Å². The molecule has 0 radical (unpaired) electrons. The number of amides is 2. The van der Waals surface area contributed by atoms with E-state index in [0.29, 0.717) is 21.6 Å². The van der Waals surface area contributed by atoms with Crippen molar-refractivity contribution in [2.24, 2.45) is 7.05 Å². The summed E-state index contributed by atoms with van der Waals surface area (Å²) in [6.45, 7) is 0.214. The number of halogens is 2. The van der Waals surface area contributed by atoms with Gasteiger partial charge in [0.1, 0.15) is 22.2 Å². The van der Waals surface area contributed by atoms with Gasteiger partial charge in [-0.15, -0.1) is 0 Å². The van der Waals surface area contributed by atoms with E-state index in [1.54, 1.807) is 43.6 Å². The zero-order valence-electron chi connectivity index (χ0n) is 17.3. The highest BCUT2D eigenvalue weighted by atomic mass is 35.5. The maximum Gasteiger partial charge on any atom is 0.276 e. The van der Waals surface area contributed by atoms with E-state index in [0.717, 1.165) is 0 Å². The summed E-state index contributed by atoms with van der Waals surface area (Å²) in [7, 11) is 1.60. The lowest BCUT2D eigenvalue weighted by molar-refractivity contribution is 0.0939. The minimum atomic E-state index is -0.511. The molecule has 4 aromatic rings. The van der Waals surface area contributed by atoms with E-state index in [2.05, 4.69) is 20.8 Å². The molecule has 0 aliphatic heterocycles. The van der Waals surface area contributed by atoms with Crippen molar-refractivity contribution in [3.05, 3.63) is 82.2 Å². The number of nitrogens with one attached hydrogen (secondary N) is 2. The number of furan rings is 1. The third kappa shape index (κ3) is 5.18. The Hall–Kier alpha value is -3.76. The molecule has 0 fully saturated rings. The van der Waals surface area contributed by atoms with Crippen LogP contribution in [0.3, 0.4) is 0 Å². The molecule has 3 aromatic heterocycles. The molecule has 0 aliphatic rings. The summed E-state index contributed by atoms with van der Waals surface area (Å²) >= 11 is 12.1. The lowest BCUT2D eigenvalue weighted by atomic mass is 10.3. The molecule has 3 heterocycles. The summed E-state index contributed by atoms with van der Waals surface area (Å²) in [5, 5.41) is 14.3. The van der Waals surface area contributed by atoms with Crippen molar-refractivity contribution in [3.8, 4) is 5.75 Å². The Morgan fingerprint density at radius 2 is 2.00 bits per heavy atom. The smallest absolute Gasteiger partial charge is 0.276 e. The number of aromatic nitrogens is 4. The normalized spacial score (nSPS) is 10.8. The average Bonchev–Trinajstić information content (AvgIpc) is 3.55. The molecule has 4 rings (SSSR count). The van der Waals surface area contributed by atoms with Crippen LogP contribution in [-0.4, -0.2) is 31.4 Å². The molecule has 33 heavy (non-hydrogen) atoms. The molecule has 0 unspecified atom stereocenters. The summed E-state index contributed by atoms with van der Waals surface area (Å²) in [4.78, 5) is 25.3. The van der Waals surface area contributed by atoms with E-state index in [4.69, 9.17) is 32.4 Å². The van der Waals surface area contributed by atoms with Gasteiger partial charge in [0.2, 0.25) is 0 Å². The van der Waals surface area contributed by atoms with Gasteiger partial charge in [-0.1, -0.05) is 29.3 Å². The molecule has 0 bridgehead atoms. The van der Waals surface area contributed by atoms with Crippen LogP contribution in [-0.2, 0) is 20.3 Å². The SMILES string of the molecule is Cn1ncc(NC(=O)c2ccn(COc3cccc(Cl)c3Cl)n2)c1C(=O)NCc1ccco1. The van der Waals surface area contributed by atoms with E-state index in [1.165, 1.54) is 27.9 Å². The quantitative estimate of drug-likeness (QED) is 0.390. The highest BCUT2D eigenvalue weighted by Gasteiger charge is 2.20. The summed E-state index contributed by atoms with van der Waals surface area (Å²) in [5.41, 5.74) is 0.561. The fourth-order valence-corrected chi connectivity index (χ4v) is 3.28. The summed E-state index contributed by atoms with van der Waals surface area (Å²) in [5.74, 6) is 0.0656. The summed E-state index contributed by atoms with van der Waals surface area (Å²) in [6.07, 6.45) is 4.49. The van der Waals surface area contributed by atoms with Crippen LogP contribution in [0, 0.1) is 0 Å². The van der Waals surface area contributed by atoms with Crippen LogP contribution >= 0.6 is 23.2 Å². The number of anilines is 1. The number of rotatable bonds is 8. The molecule has 10 nitrogen and oxygen atoms in total. The van der Waals surface area contributed by atoms with Crippen molar-refractivity contribution in [1.82, 2.24) is 24.9 Å². The zero-order chi connectivity index (χ0) is 23.4. The molecule has 2 amide bonds. The van der Waals surface area contributed by atoms with Gasteiger partial charge in [0.05, 0.1) is 29.7 Å². The monoisotopic (exact) mass is 488 g/mol. The number of benzene rings is 1. The maximum absolute atomic E-state index is 12.7. The fraction of sp³-hybridized carbons (Fsp3) is 0.143. The molecular weight excluding hydrogens is 471 g/mol. The Morgan fingerprint density at radius 3 is 2.79 bits per heavy atom. The fourth-order valence-electron chi connectivity index (χ4n) is 2.93. The largest absolute Gasteiger partial charge is 0.470 e. The van der Waals surface area contributed by atoms with Crippen LogP contribution in [0.15, 0.2) is 59.5 Å². The predicted octanol–water partition coefficient (Wildman–Crippen LogP) is 3.74. The van der Waals surface area contributed by atoms with E-state index < -0.39 is 11.8 Å². The van der Waals surface area contributed by atoms with Crippen LogP contribution in [0.4, 0.5) is 5.69 Å². The summed E-state index contributed by atoms with van der Waals surface area (Å²) in [6, 6.07) is 10.0.